The minimum Gasteiger partial charge on any atom is -0.342 e. The van der Waals surface area contributed by atoms with E-state index in [4.69, 9.17) is 6.42 Å². The van der Waals surface area contributed by atoms with E-state index in [1.54, 1.807) is 0 Å². The Morgan fingerprint density at radius 3 is 1.66 bits per heavy atom. The normalized spacial score (nSPS) is 22.3. The molecule has 6 aromatic rings. The van der Waals surface area contributed by atoms with Crippen molar-refractivity contribution in [2.24, 2.45) is 16.2 Å². The summed E-state index contributed by atoms with van der Waals surface area (Å²) >= 11 is 3.31. The molecule has 394 valence electrons. The van der Waals surface area contributed by atoms with Crippen molar-refractivity contribution in [3.8, 4) is 12.3 Å². The number of nitrogens with zero attached hydrogens (tertiary/aromatic N) is 4. The van der Waals surface area contributed by atoms with Gasteiger partial charge in [-0.15, -0.1) is 6.42 Å². The number of H-pyrrole nitrogens is 3. The Hall–Kier alpha value is -7.32. The number of halogens is 4. The highest BCUT2D eigenvalue weighted by Crippen LogP contribution is 2.60. The Labute approximate surface area is 449 Å². The van der Waals surface area contributed by atoms with Crippen molar-refractivity contribution in [1.82, 2.24) is 35.6 Å². The Kier molecular flexibility index (Phi) is 13.8. The van der Waals surface area contributed by atoms with Crippen LogP contribution < -0.4 is 16.0 Å². The highest BCUT2D eigenvalue weighted by molar-refractivity contribution is 9.10. The molecule has 3 aliphatic carbocycles. The summed E-state index contributed by atoms with van der Waals surface area (Å²) in [6.07, 6.45) is 7.61. The van der Waals surface area contributed by atoms with Crippen LogP contribution in [0.3, 0.4) is 0 Å². The van der Waals surface area contributed by atoms with Crippen LogP contribution in [-0.4, -0.2) is 59.1 Å². The Bertz CT molecular complexity index is 3410. The highest BCUT2D eigenvalue weighted by Gasteiger charge is 2.66. The van der Waals surface area contributed by atoms with Crippen LogP contribution in [0.1, 0.15) is 132 Å². The van der Waals surface area contributed by atoms with Crippen LogP contribution in [0.2, 0.25) is 0 Å². The number of rotatable bonds is 2. The number of alkyl halides is 3. The first-order chi connectivity index (χ1) is 35.8. The number of ketones is 3. The molecule has 7 heterocycles. The average molecular weight is 1100 g/mol. The summed E-state index contributed by atoms with van der Waals surface area (Å²) in [6, 6.07) is 22.9. The van der Waals surface area contributed by atoms with Gasteiger partial charge in [0.15, 0.2) is 40.2 Å². The van der Waals surface area contributed by atoms with Crippen LogP contribution >= 0.6 is 15.9 Å². The highest BCUT2D eigenvalue weighted by atomic mass is 79.9. The van der Waals surface area contributed by atoms with Crippen LogP contribution in [0.5, 0.6) is 0 Å². The van der Waals surface area contributed by atoms with Gasteiger partial charge in [-0.2, -0.15) is 28.5 Å². The first-order valence-corrected chi connectivity index (χ1v) is 26.1. The molecule has 2 unspecified atom stereocenters. The number of aromatic amines is 3. The fourth-order valence-electron chi connectivity index (χ4n) is 12.0. The first-order valence-electron chi connectivity index (χ1n) is 25.3. The maximum absolute atomic E-state index is 14.9. The number of benzene rings is 2. The molecule has 6 N–H and O–H groups in total. The lowest BCUT2D eigenvalue weighted by Gasteiger charge is -2.45. The van der Waals surface area contributed by atoms with Crippen molar-refractivity contribution < 1.29 is 27.6 Å². The molecule has 0 saturated heterocycles. The number of carbonyl (C=O) groups excluding carboxylic acids is 3. The lowest BCUT2D eigenvalue weighted by Crippen LogP contribution is -2.52. The van der Waals surface area contributed by atoms with Crippen LogP contribution in [0.4, 0.5) is 30.6 Å². The molecule has 6 aliphatic rings. The van der Waals surface area contributed by atoms with Crippen LogP contribution in [-0.2, 0) is 31.6 Å². The van der Waals surface area contributed by atoms with E-state index in [0.29, 0.717) is 25.0 Å². The molecule has 17 heteroatoms. The molecule has 2 atom stereocenters. The molecule has 0 amide bonds. The molecule has 0 saturated carbocycles. The lowest BCUT2D eigenvalue weighted by molar-refractivity contribution is -0.171. The Morgan fingerprint density at radius 1 is 0.592 bits per heavy atom. The smallest absolute Gasteiger partial charge is 0.342 e. The molecule has 2 aromatic carbocycles. The van der Waals surface area contributed by atoms with E-state index in [9.17, 15) is 27.6 Å². The molecule has 4 aromatic heterocycles. The Balaban J connectivity index is 0.000000133. The molecular formula is C59H62BrF3N10O3. The fourth-order valence-corrected chi connectivity index (χ4v) is 12.3. The topological polar surface area (TPSA) is 186 Å². The van der Waals surface area contributed by atoms with Gasteiger partial charge >= 0.3 is 6.18 Å². The molecule has 0 fully saturated rings. The minimum absolute atomic E-state index is 0.0534. The van der Waals surface area contributed by atoms with Gasteiger partial charge in [0.2, 0.25) is 0 Å². The van der Waals surface area contributed by atoms with Gasteiger partial charge < -0.3 is 16.0 Å². The average Bonchev–Trinajstić information content (AvgIpc) is 4.16. The summed E-state index contributed by atoms with van der Waals surface area (Å²) in [5, 5.41) is 31.0. The molecule has 0 bridgehead atoms. The van der Waals surface area contributed by atoms with E-state index in [2.05, 4.69) is 120 Å². The van der Waals surface area contributed by atoms with Gasteiger partial charge in [0.25, 0.3) is 0 Å². The van der Waals surface area contributed by atoms with Gasteiger partial charge in [-0.1, -0.05) is 118 Å². The maximum Gasteiger partial charge on any atom is 0.406 e. The summed E-state index contributed by atoms with van der Waals surface area (Å²) in [7, 11) is 0. The number of hydrogen-bond acceptors (Lipinski definition) is 10. The maximum atomic E-state index is 14.9. The third-order valence-corrected chi connectivity index (χ3v) is 15.7. The zero-order valence-corrected chi connectivity index (χ0v) is 45.7. The van der Waals surface area contributed by atoms with E-state index in [1.165, 1.54) is 31.5 Å². The standard InChI is InChI=1S/C21H21N3O.C19H19F3N4O.C13H17N3O.C6H5Br/c1-5-14-18-19(24-23-14)22-15-11-20(2,3)12-16(25)17(15)21(18,4)13-9-7-6-8-10-13;1-10-14-16(26-25-10)24-12-7-17(2,3)8-13(27)15(12)18(14,19(20,21)22)11-5-4-6-23-9-11;1-7-8-4-9-10(14-12(8)16-15-7)5-13(2,3)6-11(9)17;7-6-4-2-1-3-5-6/h1,6-10H,11-12H2,2-4H3,(H2,22,23,24);4-6,9H,7-8H2,1-3H3,(H2,24,25,26);4-6H2,1-3H3,(H2,14,15,16);1-5H. The molecule has 12 rings (SSSR count). The van der Waals surface area contributed by atoms with Crippen LogP contribution in [0, 0.1) is 42.4 Å². The van der Waals surface area contributed by atoms with Gasteiger partial charge in [0, 0.05) is 104 Å². The van der Waals surface area contributed by atoms with Gasteiger partial charge in [-0.3, -0.25) is 34.7 Å². The third kappa shape index (κ3) is 9.65. The predicted molar refractivity (Wildman–Crippen MR) is 291 cm³/mol. The summed E-state index contributed by atoms with van der Waals surface area (Å²) in [5.74, 6) is 4.39. The number of terminal acetylenes is 1. The summed E-state index contributed by atoms with van der Waals surface area (Å²) in [5.41, 5.74) is 5.11. The number of pyridine rings is 1. The van der Waals surface area contributed by atoms with Gasteiger partial charge in [-0.25, -0.2) is 0 Å². The third-order valence-electron chi connectivity index (χ3n) is 15.2. The van der Waals surface area contributed by atoms with Crippen molar-refractivity contribution in [2.75, 3.05) is 16.0 Å². The van der Waals surface area contributed by atoms with E-state index >= 15 is 0 Å². The quantitative estimate of drug-likeness (QED) is 0.0912. The van der Waals surface area contributed by atoms with Crippen molar-refractivity contribution in [3.63, 3.8) is 0 Å². The Morgan fingerprint density at radius 2 is 1.09 bits per heavy atom. The number of fused-ring (bicyclic) bond motifs is 3. The second-order valence-electron chi connectivity index (χ2n) is 23.0. The van der Waals surface area contributed by atoms with E-state index in [1.807, 2.05) is 69.3 Å². The number of anilines is 3. The summed E-state index contributed by atoms with van der Waals surface area (Å²) in [6.45, 7) is 17.9. The van der Waals surface area contributed by atoms with E-state index in [-0.39, 0.29) is 62.7 Å². The summed E-state index contributed by atoms with van der Waals surface area (Å²) < 4.78 is 45.7. The van der Waals surface area contributed by atoms with Crippen molar-refractivity contribution >= 4 is 50.7 Å². The number of nitrogens with one attached hydrogen (secondary N) is 6. The molecular weight excluding hydrogens is 1030 g/mol. The largest absolute Gasteiger partial charge is 0.406 e. The van der Waals surface area contributed by atoms with Gasteiger partial charge in [0.05, 0.1) is 5.41 Å². The number of carbonyl (C=O) groups is 3. The van der Waals surface area contributed by atoms with Gasteiger partial charge in [-0.05, 0) is 85.6 Å². The lowest BCUT2D eigenvalue weighted by atomic mass is 9.60. The number of Topliss-reactive ketones (excluding diaryl/α,β-unsaturated/α-hetero) is 3. The van der Waals surface area contributed by atoms with Crippen molar-refractivity contribution in [3.05, 3.63) is 168 Å². The number of aryl methyl sites for hydroxylation is 2. The second kappa shape index (κ2) is 19.7. The fraction of sp³-hybridized carbons (Fsp3) is 0.373. The molecule has 0 spiro atoms. The zero-order valence-electron chi connectivity index (χ0n) is 44.1. The SMILES string of the molecule is Brc1ccccc1.C#Cc1[nH]nc2c1C(C)(c1ccccc1)C1=C(CC(C)(C)CC1=O)N2.Cc1[nH]nc2c1C(c1cccnc1)(C(F)(F)F)C1=C(CC(C)(C)CC1=O)N2.Cc1[nH]nc2c1CC1=C(CC(C)(C)CC1=O)N2. The molecule has 76 heavy (non-hydrogen) atoms. The van der Waals surface area contributed by atoms with Crippen molar-refractivity contribution in [2.45, 2.75) is 124 Å². The number of hydrogen-bond donors (Lipinski definition) is 6. The van der Waals surface area contributed by atoms with E-state index in [0.717, 1.165) is 80.3 Å². The minimum atomic E-state index is -4.75. The number of allylic oxidation sites excluding steroid dienone is 6. The predicted octanol–water partition coefficient (Wildman–Crippen LogP) is 12.6. The number of aromatic nitrogens is 7. The van der Waals surface area contributed by atoms with Crippen molar-refractivity contribution in [1.29, 1.82) is 0 Å². The van der Waals surface area contributed by atoms with Crippen LogP contribution in [0.15, 0.2) is 123 Å². The zero-order chi connectivity index (χ0) is 54.8. The van der Waals surface area contributed by atoms with Gasteiger partial charge in [0.1, 0.15) is 5.69 Å². The molecule has 0 radical (unpaired) electrons. The molecule has 13 nitrogen and oxygen atoms in total. The van der Waals surface area contributed by atoms with E-state index < -0.39 is 28.2 Å². The monoisotopic (exact) mass is 1090 g/mol. The van der Waals surface area contributed by atoms with Crippen LogP contribution in [0.25, 0.3) is 0 Å². The first kappa shape index (κ1) is 53.5. The second-order valence-corrected chi connectivity index (χ2v) is 23.9. The molecule has 3 aliphatic heterocycles. The summed E-state index contributed by atoms with van der Waals surface area (Å²) in [4.78, 5) is 42.3.